The van der Waals surface area contributed by atoms with Crippen LogP contribution in [0.5, 0.6) is 0 Å². The van der Waals surface area contributed by atoms with Crippen LogP contribution >= 0.6 is 0 Å². The molecule has 0 aromatic carbocycles. The second-order valence-electron chi connectivity index (χ2n) is 4.15. The lowest BCUT2D eigenvalue weighted by molar-refractivity contribution is -0.139. The van der Waals surface area contributed by atoms with E-state index in [1.807, 2.05) is 0 Å². The molecule has 2 atom stereocenters. The van der Waals surface area contributed by atoms with Crippen LogP contribution in [0.15, 0.2) is 0 Å². The number of hydrogen-bond donors (Lipinski definition) is 2. The summed E-state index contributed by atoms with van der Waals surface area (Å²) in [5, 5.41) is 18.0. The maximum atomic E-state index is 10.3. The zero-order valence-electron chi connectivity index (χ0n) is 7.52. The van der Waals surface area contributed by atoms with Crippen LogP contribution in [0.4, 0.5) is 0 Å². The van der Waals surface area contributed by atoms with E-state index in [-0.39, 0.29) is 12.5 Å². The Morgan fingerprint density at radius 2 is 2.00 bits per heavy atom. The van der Waals surface area contributed by atoms with Gasteiger partial charge >= 0.3 is 5.97 Å². The van der Waals surface area contributed by atoms with Gasteiger partial charge in [0.2, 0.25) is 0 Å². The second-order valence-corrected chi connectivity index (χ2v) is 4.15. The fourth-order valence-corrected chi connectivity index (χ4v) is 2.40. The molecule has 2 bridgehead atoms. The van der Waals surface area contributed by atoms with E-state index in [0.717, 1.165) is 19.5 Å². The fourth-order valence-electron chi connectivity index (χ4n) is 2.40. The largest absolute Gasteiger partial charge is 0.481 e. The molecule has 13 heavy (non-hydrogen) atoms. The molecule has 2 aliphatic heterocycles. The number of aliphatic hydroxyl groups is 1. The minimum absolute atomic E-state index is 0.110. The minimum Gasteiger partial charge on any atom is -0.481 e. The summed E-state index contributed by atoms with van der Waals surface area (Å²) in [4.78, 5) is 12.5. The summed E-state index contributed by atoms with van der Waals surface area (Å²) in [6.45, 7) is 2.39. The number of aliphatic carboxylic acids is 1. The maximum Gasteiger partial charge on any atom is 0.304 e. The molecule has 0 spiro atoms. The second kappa shape index (κ2) is 3.27. The van der Waals surface area contributed by atoms with Crippen molar-refractivity contribution in [3.63, 3.8) is 0 Å². The first-order valence-corrected chi connectivity index (χ1v) is 4.79. The molecule has 2 N–H and O–H groups in total. The molecule has 2 unspecified atom stereocenters. The van der Waals surface area contributed by atoms with Gasteiger partial charge in [-0.15, -0.1) is 0 Å². The number of rotatable bonds is 3. The molecular weight excluding hydrogens is 170 g/mol. The number of nitrogens with zero attached hydrogens (tertiary/aromatic N) is 1. The Morgan fingerprint density at radius 3 is 2.46 bits per heavy atom. The van der Waals surface area contributed by atoms with Gasteiger partial charge in [0.05, 0.1) is 12.5 Å². The van der Waals surface area contributed by atoms with Gasteiger partial charge < -0.3 is 15.1 Å². The van der Waals surface area contributed by atoms with Crippen LogP contribution in [0.1, 0.15) is 12.8 Å². The van der Waals surface area contributed by atoms with Crippen LogP contribution in [0, 0.1) is 11.8 Å². The molecule has 2 heterocycles. The average molecular weight is 185 g/mol. The van der Waals surface area contributed by atoms with Gasteiger partial charge in [-0.25, -0.2) is 0 Å². The SMILES string of the molecule is O=C(O)CCN1CC2CC(C1)C2O. The highest BCUT2D eigenvalue weighted by Crippen LogP contribution is 2.39. The van der Waals surface area contributed by atoms with E-state index in [0.29, 0.717) is 18.4 Å². The lowest BCUT2D eigenvalue weighted by Crippen LogP contribution is -2.58. The highest BCUT2D eigenvalue weighted by atomic mass is 16.4. The van der Waals surface area contributed by atoms with Crippen molar-refractivity contribution in [2.45, 2.75) is 18.9 Å². The van der Waals surface area contributed by atoms with Gasteiger partial charge in [-0.05, 0) is 18.3 Å². The van der Waals surface area contributed by atoms with Gasteiger partial charge in [0.1, 0.15) is 0 Å². The highest BCUT2D eigenvalue weighted by Gasteiger charge is 2.45. The van der Waals surface area contributed by atoms with Crippen molar-refractivity contribution in [2.75, 3.05) is 19.6 Å². The molecule has 0 radical (unpaired) electrons. The van der Waals surface area contributed by atoms with Gasteiger partial charge in [-0.2, -0.15) is 0 Å². The van der Waals surface area contributed by atoms with E-state index in [1.54, 1.807) is 0 Å². The normalized spacial score (nSPS) is 38.4. The molecule has 0 amide bonds. The molecule has 74 valence electrons. The standard InChI is InChI=1S/C9H15NO3/c11-8(12)1-2-10-4-6-3-7(5-10)9(6)13/h6-7,9,13H,1-5H2,(H,11,12). The van der Waals surface area contributed by atoms with Gasteiger partial charge in [0.25, 0.3) is 0 Å². The monoisotopic (exact) mass is 185 g/mol. The third-order valence-electron chi connectivity index (χ3n) is 3.20. The van der Waals surface area contributed by atoms with Crippen molar-refractivity contribution in [3.8, 4) is 0 Å². The molecule has 0 aromatic rings. The van der Waals surface area contributed by atoms with Crippen LogP contribution in [-0.2, 0) is 4.79 Å². The highest BCUT2D eigenvalue weighted by molar-refractivity contribution is 5.66. The first kappa shape index (κ1) is 8.97. The fraction of sp³-hybridized carbons (Fsp3) is 0.889. The molecular formula is C9H15NO3. The predicted molar refractivity (Wildman–Crippen MR) is 46.3 cm³/mol. The first-order valence-electron chi connectivity index (χ1n) is 4.79. The Labute approximate surface area is 77.2 Å². The van der Waals surface area contributed by atoms with Gasteiger partial charge in [0, 0.05) is 19.6 Å². The number of fused-ring (bicyclic) bond motifs is 2. The average Bonchev–Trinajstić information content (AvgIpc) is 2.14. The number of carboxylic acid groups (broad SMARTS) is 1. The number of piperidine rings is 2. The number of hydrogen-bond acceptors (Lipinski definition) is 3. The van der Waals surface area contributed by atoms with Crippen molar-refractivity contribution < 1.29 is 15.0 Å². The van der Waals surface area contributed by atoms with Crippen molar-refractivity contribution in [3.05, 3.63) is 0 Å². The van der Waals surface area contributed by atoms with E-state index in [2.05, 4.69) is 4.90 Å². The van der Waals surface area contributed by atoms with Crippen molar-refractivity contribution in [1.29, 1.82) is 0 Å². The quantitative estimate of drug-likeness (QED) is 0.638. The smallest absolute Gasteiger partial charge is 0.304 e. The van der Waals surface area contributed by atoms with Gasteiger partial charge in [-0.3, -0.25) is 4.79 Å². The van der Waals surface area contributed by atoms with Crippen LogP contribution in [0.25, 0.3) is 0 Å². The van der Waals surface area contributed by atoms with Crippen LogP contribution in [0.3, 0.4) is 0 Å². The van der Waals surface area contributed by atoms with Crippen molar-refractivity contribution in [2.24, 2.45) is 11.8 Å². The zero-order valence-corrected chi connectivity index (χ0v) is 7.52. The lowest BCUT2D eigenvalue weighted by atomic mass is 9.68. The first-order chi connectivity index (χ1) is 6.16. The summed E-state index contributed by atoms with van der Waals surface area (Å²) >= 11 is 0. The minimum atomic E-state index is -0.736. The molecule has 1 saturated carbocycles. The van der Waals surface area contributed by atoms with E-state index < -0.39 is 5.97 Å². The lowest BCUT2D eigenvalue weighted by Gasteiger charge is -2.51. The molecule has 4 nitrogen and oxygen atoms in total. The number of aliphatic hydroxyl groups excluding tert-OH is 1. The van der Waals surface area contributed by atoms with Gasteiger partial charge in [0.15, 0.2) is 0 Å². The van der Waals surface area contributed by atoms with Crippen molar-refractivity contribution >= 4 is 5.97 Å². The van der Waals surface area contributed by atoms with Crippen molar-refractivity contribution in [1.82, 2.24) is 4.90 Å². The van der Waals surface area contributed by atoms with Crippen LogP contribution in [-0.4, -0.2) is 46.8 Å². The summed E-state index contributed by atoms with van der Waals surface area (Å²) in [7, 11) is 0. The molecule has 2 saturated heterocycles. The molecule has 3 rings (SSSR count). The third-order valence-corrected chi connectivity index (χ3v) is 3.20. The Hall–Kier alpha value is -0.610. The summed E-state index contributed by atoms with van der Waals surface area (Å²) in [6.07, 6.45) is 1.24. The summed E-state index contributed by atoms with van der Waals surface area (Å²) in [6, 6.07) is 0. The Kier molecular flexibility index (Phi) is 2.26. The van der Waals surface area contributed by atoms with Crippen LogP contribution < -0.4 is 0 Å². The van der Waals surface area contributed by atoms with Gasteiger partial charge in [-0.1, -0.05) is 0 Å². The zero-order chi connectivity index (χ0) is 9.42. The number of carbonyl (C=O) groups is 1. The van der Waals surface area contributed by atoms with E-state index >= 15 is 0 Å². The third kappa shape index (κ3) is 1.69. The summed E-state index contributed by atoms with van der Waals surface area (Å²) in [5.74, 6) is 0.0832. The maximum absolute atomic E-state index is 10.3. The van der Waals surface area contributed by atoms with E-state index in [9.17, 15) is 9.90 Å². The van der Waals surface area contributed by atoms with E-state index in [4.69, 9.17) is 5.11 Å². The summed E-state index contributed by atoms with van der Waals surface area (Å²) in [5.41, 5.74) is 0. The Balaban J connectivity index is 1.76. The van der Waals surface area contributed by atoms with Crippen LogP contribution in [0.2, 0.25) is 0 Å². The summed E-state index contributed by atoms with van der Waals surface area (Å²) < 4.78 is 0. The molecule has 0 aromatic heterocycles. The Bertz CT molecular complexity index is 207. The number of carboxylic acids is 1. The molecule has 1 aliphatic carbocycles. The van der Waals surface area contributed by atoms with E-state index in [1.165, 1.54) is 0 Å². The Morgan fingerprint density at radius 1 is 1.38 bits per heavy atom. The predicted octanol–water partition coefficient (Wildman–Crippen LogP) is -0.226. The molecule has 3 aliphatic rings. The molecule has 4 heteroatoms. The topological polar surface area (TPSA) is 60.8 Å². The molecule has 3 fully saturated rings.